The van der Waals surface area contributed by atoms with Crippen LogP contribution in [-0.4, -0.2) is 37.1 Å². The van der Waals surface area contributed by atoms with Gasteiger partial charge in [-0.25, -0.2) is 0 Å². The Morgan fingerprint density at radius 3 is 2.79 bits per heavy atom. The van der Waals surface area contributed by atoms with Crippen molar-refractivity contribution in [1.29, 1.82) is 0 Å². The molecule has 0 aromatic heterocycles. The molecule has 1 rings (SSSR count). The maximum Gasteiger partial charge on any atom is 0.0598 e. The summed E-state index contributed by atoms with van der Waals surface area (Å²) in [6.45, 7) is 7.84. The minimum Gasteiger partial charge on any atom is -0.314 e. The first-order chi connectivity index (χ1) is 6.86. The molecule has 0 spiro atoms. The van der Waals surface area contributed by atoms with E-state index in [1.165, 1.54) is 12.8 Å². The average Bonchev–Trinajstić information content (AvgIpc) is 2.21. The average molecular weight is 192 g/mol. The Morgan fingerprint density at radius 2 is 2.21 bits per heavy atom. The van der Waals surface area contributed by atoms with Gasteiger partial charge in [0, 0.05) is 19.1 Å². The number of hydrogen-bond acceptors (Lipinski definition) is 2. The highest BCUT2D eigenvalue weighted by Crippen LogP contribution is 2.09. The molecule has 2 nitrogen and oxygen atoms in total. The maximum absolute atomic E-state index is 5.27. The first-order valence-corrected chi connectivity index (χ1v) is 5.37. The van der Waals surface area contributed by atoms with Gasteiger partial charge in [-0.3, -0.25) is 4.90 Å². The third-order valence-electron chi connectivity index (χ3n) is 2.68. The van der Waals surface area contributed by atoms with Gasteiger partial charge in [0.2, 0.25) is 0 Å². The van der Waals surface area contributed by atoms with Crippen LogP contribution in [0.4, 0.5) is 0 Å². The van der Waals surface area contributed by atoms with Crippen molar-refractivity contribution in [3.8, 4) is 12.3 Å². The summed E-state index contributed by atoms with van der Waals surface area (Å²) in [5.74, 6) is 2.70. The monoisotopic (exact) mass is 192 g/mol. The van der Waals surface area contributed by atoms with Crippen LogP contribution < -0.4 is 5.32 Å². The van der Waals surface area contributed by atoms with E-state index in [0.29, 0.717) is 6.04 Å². The fourth-order valence-corrected chi connectivity index (χ4v) is 1.81. The Morgan fingerprint density at radius 1 is 1.50 bits per heavy atom. The number of nitrogens with one attached hydrogen (secondary N) is 1. The summed E-state index contributed by atoms with van der Waals surface area (Å²) >= 11 is 0. The van der Waals surface area contributed by atoms with Crippen molar-refractivity contribution in [1.82, 2.24) is 10.2 Å². The van der Waals surface area contributed by atoms with E-state index in [1.807, 2.05) is 6.08 Å². The van der Waals surface area contributed by atoms with Gasteiger partial charge in [-0.05, 0) is 25.8 Å². The number of terminal acetylenes is 1. The molecular weight excluding hydrogens is 172 g/mol. The zero-order valence-corrected chi connectivity index (χ0v) is 8.84. The van der Waals surface area contributed by atoms with E-state index in [2.05, 4.69) is 22.7 Å². The zero-order chi connectivity index (χ0) is 10.2. The van der Waals surface area contributed by atoms with Gasteiger partial charge in [0.1, 0.15) is 0 Å². The fraction of sp³-hybridized carbons (Fsp3) is 0.667. The van der Waals surface area contributed by atoms with Gasteiger partial charge >= 0.3 is 0 Å². The first kappa shape index (κ1) is 11.3. The molecule has 0 aliphatic carbocycles. The Kier molecular flexibility index (Phi) is 5.36. The summed E-state index contributed by atoms with van der Waals surface area (Å²) in [7, 11) is 0. The minimum atomic E-state index is 0.684. The van der Waals surface area contributed by atoms with Crippen molar-refractivity contribution in [3.63, 3.8) is 0 Å². The molecule has 14 heavy (non-hydrogen) atoms. The lowest BCUT2D eigenvalue weighted by Gasteiger charge is -2.31. The third-order valence-corrected chi connectivity index (χ3v) is 2.68. The van der Waals surface area contributed by atoms with Crippen molar-refractivity contribution in [2.24, 2.45) is 0 Å². The van der Waals surface area contributed by atoms with Crippen LogP contribution in [0.25, 0.3) is 0 Å². The largest absolute Gasteiger partial charge is 0.314 e. The molecule has 0 saturated carbocycles. The molecule has 0 aromatic carbocycles. The normalized spacial score (nSPS) is 19.1. The summed E-state index contributed by atoms with van der Waals surface area (Å²) in [5, 5.41) is 3.54. The summed E-state index contributed by atoms with van der Waals surface area (Å²) in [6, 6.07) is 0.684. The second-order valence-electron chi connectivity index (χ2n) is 3.79. The van der Waals surface area contributed by atoms with Gasteiger partial charge < -0.3 is 5.32 Å². The number of likely N-dealkylation sites (tertiary alicyclic amines) is 1. The van der Waals surface area contributed by atoms with E-state index in [-0.39, 0.29) is 0 Å². The van der Waals surface area contributed by atoms with Crippen LogP contribution in [0.2, 0.25) is 0 Å². The van der Waals surface area contributed by atoms with Crippen molar-refractivity contribution >= 4 is 0 Å². The molecule has 1 N–H and O–H groups in total. The van der Waals surface area contributed by atoms with Crippen LogP contribution >= 0.6 is 0 Å². The molecule has 0 bridgehead atoms. The minimum absolute atomic E-state index is 0.684. The van der Waals surface area contributed by atoms with Crippen LogP contribution in [0.15, 0.2) is 12.7 Å². The van der Waals surface area contributed by atoms with Crippen molar-refractivity contribution in [2.45, 2.75) is 25.3 Å². The zero-order valence-electron chi connectivity index (χ0n) is 8.84. The van der Waals surface area contributed by atoms with Gasteiger partial charge in [0.15, 0.2) is 0 Å². The number of hydrogen-bond donors (Lipinski definition) is 1. The molecule has 0 amide bonds. The molecule has 0 aromatic rings. The molecule has 0 radical (unpaired) electrons. The van der Waals surface area contributed by atoms with Crippen LogP contribution in [-0.2, 0) is 0 Å². The molecule has 1 fully saturated rings. The fourth-order valence-electron chi connectivity index (χ4n) is 1.81. The molecule has 1 saturated heterocycles. The van der Waals surface area contributed by atoms with Crippen molar-refractivity contribution < 1.29 is 0 Å². The van der Waals surface area contributed by atoms with E-state index in [9.17, 15) is 0 Å². The van der Waals surface area contributed by atoms with E-state index in [4.69, 9.17) is 6.42 Å². The summed E-state index contributed by atoms with van der Waals surface area (Å²) in [4.78, 5) is 2.34. The number of rotatable bonds is 5. The van der Waals surface area contributed by atoms with Crippen LogP contribution in [0.5, 0.6) is 0 Å². The van der Waals surface area contributed by atoms with E-state index < -0.39 is 0 Å². The number of piperidine rings is 1. The van der Waals surface area contributed by atoms with Crippen LogP contribution in [0.3, 0.4) is 0 Å². The van der Waals surface area contributed by atoms with Gasteiger partial charge in [0.25, 0.3) is 0 Å². The first-order valence-electron chi connectivity index (χ1n) is 5.37. The van der Waals surface area contributed by atoms with E-state index in [1.54, 1.807) is 0 Å². The summed E-state index contributed by atoms with van der Waals surface area (Å²) in [5.41, 5.74) is 0. The lowest BCUT2D eigenvalue weighted by atomic mass is 10.1. The van der Waals surface area contributed by atoms with Crippen molar-refractivity contribution in [3.05, 3.63) is 12.7 Å². The molecular formula is C12H20N2. The summed E-state index contributed by atoms with van der Waals surface area (Å²) < 4.78 is 0. The van der Waals surface area contributed by atoms with Gasteiger partial charge in [-0.1, -0.05) is 12.0 Å². The van der Waals surface area contributed by atoms with Crippen molar-refractivity contribution in [2.75, 3.05) is 26.2 Å². The van der Waals surface area contributed by atoms with E-state index in [0.717, 1.165) is 32.6 Å². The summed E-state index contributed by atoms with van der Waals surface area (Å²) in [6.07, 6.45) is 10.7. The quantitative estimate of drug-likeness (QED) is 0.401. The highest BCUT2D eigenvalue weighted by atomic mass is 15.1. The van der Waals surface area contributed by atoms with Gasteiger partial charge in [0.05, 0.1) is 6.54 Å². The second-order valence-corrected chi connectivity index (χ2v) is 3.79. The third kappa shape index (κ3) is 3.95. The molecule has 1 aliphatic rings. The molecule has 0 unspecified atom stereocenters. The Balaban J connectivity index is 2.10. The predicted molar refractivity (Wildman–Crippen MR) is 61.1 cm³/mol. The van der Waals surface area contributed by atoms with Gasteiger partial charge in [-0.2, -0.15) is 0 Å². The lowest BCUT2D eigenvalue weighted by Crippen LogP contribution is -2.42. The number of nitrogens with zero attached hydrogens (tertiary/aromatic N) is 1. The van der Waals surface area contributed by atoms with Gasteiger partial charge in [-0.15, -0.1) is 13.0 Å². The second kappa shape index (κ2) is 6.64. The Labute approximate surface area is 87.4 Å². The van der Waals surface area contributed by atoms with E-state index >= 15 is 0 Å². The standard InChI is InChI=1S/C12H20N2/c1-3-5-8-13-12-6-10-14(9-4-2)11-7-12/h2-3,12-13H,1,5-11H2. The molecule has 2 heteroatoms. The molecule has 1 aliphatic heterocycles. The predicted octanol–water partition coefficient (Wildman–Crippen LogP) is 1.25. The molecule has 78 valence electrons. The molecule has 1 heterocycles. The topological polar surface area (TPSA) is 15.3 Å². The van der Waals surface area contributed by atoms with Crippen LogP contribution in [0.1, 0.15) is 19.3 Å². The van der Waals surface area contributed by atoms with Crippen LogP contribution in [0, 0.1) is 12.3 Å². The Hall–Kier alpha value is -0.780. The maximum atomic E-state index is 5.27. The highest BCUT2D eigenvalue weighted by molar-refractivity contribution is 4.90. The Bertz CT molecular complexity index is 197. The lowest BCUT2D eigenvalue weighted by molar-refractivity contribution is 0.219. The molecule has 0 atom stereocenters. The SMILES string of the molecule is C#CCN1CCC(NCCC=C)CC1. The smallest absolute Gasteiger partial charge is 0.0598 e. The highest BCUT2D eigenvalue weighted by Gasteiger charge is 2.17.